The van der Waals surface area contributed by atoms with E-state index in [1.54, 1.807) is 18.2 Å². The second-order valence-corrected chi connectivity index (χ2v) is 9.65. The van der Waals surface area contributed by atoms with Gasteiger partial charge in [-0.05, 0) is 67.6 Å². The molecule has 0 amide bonds. The lowest BCUT2D eigenvalue weighted by Crippen LogP contribution is -2.37. The number of Topliss-reactive ketones (excluding diaryl/α,β-unsaturated/α-hetero) is 1. The number of piperidine rings is 1. The Morgan fingerprint density at radius 3 is 2.43 bits per heavy atom. The van der Waals surface area contributed by atoms with Crippen LogP contribution in [0.3, 0.4) is 0 Å². The van der Waals surface area contributed by atoms with Gasteiger partial charge in [-0.15, -0.1) is 0 Å². The van der Waals surface area contributed by atoms with Crippen LogP contribution in [-0.2, 0) is 10.0 Å². The minimum atomic E-state index is -3.50. The van der Waals surface area contributed by atoms with Crippen LogP contribution in [0.1, 0.15) is 35.7 Å². The number of ketones is 1. The summed E-state index contributed by atoms with van der Waals surface area (Å²) in [6.07, 6.45) is 1.76. The zero-order chi connectivity index (χ0) is 20.3. The Morgan fingerprint density at radius 2 is 1.79 bits per heavy atom. The highest BCUT2D eigenvalue weighted by molar-refractivity contribution is 7.89. The van der Waals surface area contributed by atoms with Crippen LogP contribution in [-0.4, -0.2) is 38.1 Å². The molecule has 1 N–H and O–H groups in total. The van der Waals surface area contributed by atoms with Crippen molar-refractivity contribution < 1.29 is 13.2 Å². The molecule has 1 fully saturated rings. The van der Waals surface area contributed by atoms with Crippen molar-refractivity contribution in [2.24, 2.45) is 5.92 Å². The number of anilines is 1. The first-order valence-corrected chi connectivity index (χ1v) is 11.2. The van der Waals surface area contributed by atoms with Gasteiger partial charge in [-0.1, -0.05) is 24.6 Å². The van der Waals surface area contributed by atoms with Gasteiger partial charge >= 0.3 is 0 Å². The van der Waals surface area contributed by atoms with Gasteiger partial charge in [0.1, 0.15) is 0 Å². The fourth-order valence-electron chi connectivity index (χ4n) is 3.26. The number of sulfonamides is 1. The van der Waals surface area contributed by atoms with Crippen LogP contribution >= 0.6 is 11.6 Å². The van der Waals surface area contributed by atoms with Crippen molar-refractivity contribution in [3.63, 3.8) is 0 Å². The van der Waals surface area contributed by atoms with E-state index in [0.29, 0.717) is 29.6 Å². The molecule has 0 bridgehead atoms. The number of rotatable bonds is 6. The molecule has 5 nitrogen and oxygen atoms in total. The molecular formula is C21H25ClN2O3S. The van der Waals surface area contributed by atoms with Gasteiger partial charge in [-0.2, -0.15) is 4.31 Å². The van der Waals surface area contributed by atoms with E-state index in [0.717, 1.165) is 24.1 Å². The minimum Gasteiger partial charge on any atom is -0.377 e. The maximum Gasteiger partial charge on any atom is 0.243 e. The van der Waals surface area contributed by atoms with E-state index in [4.69, 9.17) is 11.6 Å². The van der Waals surface area contributed by atoms with E-state index in [1.807, 2.05) is 19.1 Å². The third kappa shape index (κ3) is 4.57. The maximum atomic E-state index is 12.8. The topological polar surface area (TPSA) is 66.5 Å². The third-order valence-corrected chi connectivity index (χ3v) is 7.59. The highest BCUT2D eigenvalue weighted by atomic mass is 35.5. The lowest BCUT2D eigenvalue weighted by molar-refractivity contribution is 0.101. The first kappa shape index (κ1) is 20.8. The van der Waals surface area contributed by atoms with Gasteiger partial charge in [-0.3, -0.25) is 4.79 Å². The number of hydrogen-bond donors (Lipinski definition) is 1. The highest BCUT2D eigenvalue weighted by Crippen LogP contribution is 2.24. The second-order valence-electron chi connectivity index (χ2n) is 7.30. The Bertz CT molecular complexity index is 950. The molecule has 0 aromatic heterocycles. The van der Waals surface area contributed by atoms with E-state index in [-0.39, 0.29) is 17.2 Å². The van der Waals surface area contributed by atoms with Crippen LogP contribution in [0.5, 0.6) is 0 Å². The largest absolute Gasteiger partial charge is 0.377 e. The Kier molecular flexibility index (Phi) is 6.43. The Balaban J connectivity index is 1.66. The average Bonchev–Trinajstić information content (AvgIpc) is 2.69. The summed E-state index contributed by atoms with van der Waals surface area (Å²) in [7, 11) is -3.50. The van der Waals surface area contributed by atoms with E-state index in [2.05, 4.69) is 12.2 Å². The summed E-state index contributed by atoms with van der Waals surface area (Å²) in [6, 6.07) is 11.7. The minimum absolute atomic E-state index is 0.108. The molecule has 1 aliphatic rings. The lowest BCUT2D eigenvalue weighted by atomic mass is 10.0. The molecule has 1 aliphatic heterocycles. The molecular weight excluding hydrogens is 396 g/mol. The van der Waals surface area contributed by atoms with Crippen molar-refractivity contribution in [3.05, 3.63) is 58.6 Å². The van der Waals surface area contributed by atoms with Gasteiger partial charge in [0.2, 0.25) is 10.0 Å². The molecule has 7 heteroatoms. The molecule has 0 radical (unpaired) electrons. The van der Waals surface area contributed by atoms with Crippen LogP contribution in [0.25, 0.3) is 0 Å². The summed E-state index contributed by atoms with van der Waals surface area (Å²) < 4.78 is 27.1. The number of halogens is 1. The van der Waals surface area contributed by atoms with Gasteiger partial charge in [0.05, 0.1) is 11.4 Å². The SMILES string of the molecule is Cc1c(Cl)cccc1NCC(=O)c1ccc(S(=O)(=O)N2CCC(C)CC2)cc1. The molecule has 0 spiro atoms. The first-order valence-electron chi connectivity index (χ1n) is 9.41. The van der Waals surface area contributed by atoms with Crippen molar-refractivity contribution in [2.45, 2.75) is 31.6 Å². The van der Waals surface area contributed by atoms with Gasteiger partial charge in [0, 0.05) is 29.4 Å². The summed E-state index contributed by atoms with van der Waals surface area (Å²) in [5.41, 5.74) is 2.16. The van der Waals surface area contributed by atoms with Gasteiger partial charge in [-0.25, -0.2) is 8.42 Å². The second kappa shape index (κ2) is 8.64. The zero-order valence-electron chi connectivity index (χ0n) is 16.1. The lowest BCUT2D eigenvalue weighted by Gasteiger charge is -2.29. The van der Waals surface area contributed by atoms with Crippen LogP contribution in [0.2, 0.25) is 5.02 Å². The zero-order valence-corrected chi connectivity index (χ0v) is 17.7. The summed E-state index contributed by atoms with van der Waals surface area (Å²) >= 11 is 6.09. The average molecular weight is 421 g/mol. The summed E-state index contributed by atoms with van der Waals surface area (Å²) in [5, 5.41) is 3.73. The Hall–Kier alpha value is -1.89. The summed E-state index contributed by atoms with van der Waals surface area (Å²) in [4.78, 5) is 12.7. The van der Waals surface area contributed by atoms with E-state index in [9.17, 15) is 13.2 Å². The molecule has 1 saturated heterocycles. The number of carbonyl (C=O) groups is 1. The number of nitrogens with one attached hydrogen (secondary N) is 1. The van der Waals surface area contributed by atoms with Crippen LogP contribution < -0.4 is 5.32 Å². The maximum absolute atomic E-state index is 12.8. The quantitative estimate of drug-likeness (QED) is 0.705. The number of carbonyl (C=O) groups excluding carboxylic acids is 1. The molecule has 0 aliphatic carbocycles. The normalized spacial score (nSPS) is 16.1. The molecule has 1 heterocycles. The molecule has 2 aromatic carbocycles. The smallest absolute Gasteiger partial charge is 0.243 e. The molecule has 0 unspecified atom stereocenters. The van der Waals surface area contributed by atoms with Crippen molar-refractivity contribution in [1.82, 2.24) is 4.31 Å². The van der Waals surface area contributed by atoms with Crippen molar-refractivity contribution in [2.75, 3.05) is 25.0 Å². The third-order valence-electron chi connectivity index (χ3n) is 5.26. The molecule has 150 valence electrons. The fourth-order valence-corrected chi connectivity index (χ4v) is 4.91. The van der Waals surface area contributed by atoms with E-state index in [1.165, 1.54) is 16.4 Å². The monoisotopic (exact) mass is 420 g/mol. The van der Waals surface area contributed by atoms with Crippen LogP contribution in [0, 0.1) is 12.8 Å². The van der Waals surface area contributed by atoms with Crippen molar-refractivity contribution in [1.29, 1.82) is 0 Å². The molecule has 0 saturated carbocycles. The summed E-state index contributed by atoms with van der Waals surface area (Å²) in [6.45, 7) is 5.23. The predicted molar refractivity (Wildman–Crippen MR) is 113 cm³/mol. The number of hydrogen-bond acceptors (Lipinski definition) is 4. The molecule has 2 aromatic rings. The first-order chi connectivity index (χ1) is 13.3. The predicted octanol–water partition coefficient (Wildman–Crippen LogP) is 4.36. The standard InChI is InChI=1S/C21H25ClN2O3S/c1-15-10-12-24(13-11-15)28(26,27)18-8-6-17(7-9-18)21(25)14-23-20-5-3-4-19(22)16(20)2/h3-9,15,23H,10-14H2,1-2H3. The highest BCUT2D eigenvalue weighted by Gasteiger charge is 2.28. The summed E-state index contributed by atoms with van der Waals surface area (Å²) in [5.74, 6) is 0.442. The van der Waals surface area contributed by atoms with Crippen LogP contribution in [0.15, 0.2) is 47.4 Å². The fraction of sp³-hybridized carbons (Fsp3) is 0.381. The molecule has 3 rings (SSSR count). The molecule has 28 heavy (non-hydrogen) atoms. The van der Waals surface area contributed by atoms with Crippen molar-refractivity contribution in [3.8, 4) is 0 Å². The Morgan fingerprint density at radius 1 is 1.14 bits per heavy atom. The molecule has 0 atom stereocenters. The van der Waals surface area contributed by atoms with Crippen molar-refractivity contribution >= 4 is 33.1 Å². The van der Waals surface area contributed by atoms with Gasteiger partial charge < -0.3 is 5.32 Å². The Labute approximate surface area is 171 Å². The van der Waals surface area contributed by atoms with E-state index < -0.39 is 10.0 Å². The van der Waals surface area contributed by atoms with Gasteiger partial charge in [0.15, 0.2) is 5.78 Å². The number of nitrogens with zero attached hydrogens (tertiary/aromatic N) is 1. The van der Waals surface area contributed by atoms with E-state index >= 15 is 0 Å². The van der Waals surface area contributed by atoms with Gasteiger partial charge in [0.25, 0.3) is 0 Å². The van der Waals surface area contributed by atoms with Crippen LogP contribution in [0.4, 0.5) is 5.69 Å². The number of benzene rings is 2.